The van der Waals surface area contributed by atoms with Crippen molar-refractivity contribution >= 4 is 0 Å². The minimum atomic E-state index is 0.326. The molecule has 0 aliphatic carbocycles. The van der Waals surface area contributed by atoms with E-state index in [1.54, 1.807) is 0 Å². The summed E-state index contributed by atoms with van der Waals surface area (Å²) in [5, 5.41) is 9.42. The molecule has 0 aliphatic heterocycles. The highest BCUT2D eigenvalue weighted by Gasteiger charge is 2.31. The average molecular weight is 248 g/mol. The average Bonchev–Trinajstić information content (AvgIpc) is 2.28. The van der Waals surface area contributed by atoms with Crippen LogP contribution in [0.3, 0.4) is 0 Å². The Kier molecular flexibility index (Phi) is 5.25. The zero-order valence-corrected chi connectivity index (χ0v) is 12.5. The molecule has 0 heterocycles. The summed E-state index contributed by atoms with van der Waals surface area (Å²) in [5.41, 5.74) is 1.70. The summed E-state index contributed by atoms with van der Waals surface area (Å²) in [7, 11) is 0. The first-order valence-corrected chi connectivity index (χ1v) is 7.19. The van der Waals surface area contributed by atoms with Gasteiger partial charge in [-0.2, -0.15) is 0 Å². The van der Waals surface area contributed by atoms with E-state index in [2.05, 4.69) is 46.8 Å². The Hall–Kier alpha value is -0.980. The Labute approximate surface area is 112 Å². The van der Waals surface area contributed by atoms with Crippen LogP contribution in [0, 0.1) is 11.3 Å². The van der Waals surface area contributed by atoms with Gasteiger partial charge < -0.3 is 5.11 Å². The first-order valence-electron chi connectivity index (χ1n) is 7.19. The number of phenolic OH excluding ortho intramolecular Hbond substituents is 1. The van der Waals surface area contributed by atoms with Crippen LogP contribution in [0.25, 0.3) is 0 Å². The predicted octanol–water partition coefficient (Wildman–Crippen LogP) is 5.35. The van der Waals surface area contributed by atoms with Crippen molar-refractivity contribution in [3.05, 3.63) is 29.8 Å². The summed E-state index contributed by atoms with van der Waals surface area (Å²) in [5.74, 6) is 1.64. The van der Waals surface area contributed by atoms with Gasteiger partial charge in [-0.3, -0.25) is 0 Å². The van der Waals surface area contributed by atoms with E-state index in [0.717, 1.165) is 0 Å². The molecule has 2 unspecified atom stereocenters. The van der Waals surface area contributed by atoms with E-state index < -0.39 is 0 Å². The number of benzene rings is 1. The maximum absolute atomic E-state index is 9.42. The van der Waals surface area contributed by atoms with Gasteiger partial charge in [0.15, 0.2) is 0 Å². The summed E-state index contributed by atoms with van der Waals surface area (Å²) in [4.78, 5) is 0. The van der Waals surface area contributed by atoms with Crippen molar-refractivity contribution in [1.29, 1.82) is 0 Å². The maximum atomic E-state index is 9.42. The molecule has 0 saturated heterocycles. The molecule has 1 aromatic carbocycles. The maximum Gasteiger partial charge on any atom is 0.115 e. The van der Waals surface area contributed by atoms with Crippen molar-refractivity contribution in [2.24, 2.45) is 11.3 Å². The third-order valence-electron chi connectivity index (χ3n) is 3.96. The van der Waals surface area contributed by atoms with E-state index in [-0.39, 0.29) is 0 Å². The van der Waals surface area contributed by atoms with Crippen LogP contribution >= 0.6 is 0 Å². The van der Waals surface area contributed by atoms with Crippen molar-refractivity contribution < 1.29 is 5.11 Å². The Morgan fingerprint density at radius 3 is 2.00 bits per heavy atom. The van der Waals surface area contributed by atoms with E-state index in [9.17, 15) is 5.11 Å². The summed E-state index contributed by atoms with van der Waals surface area (Å²) < 4.78 is 0. The van der Waals surface area contributed by atoms with Crippen LogP contribution in [0.1, 0.15) is 65.4 Å². The van der Waals surface area contributed by atoms with Gasteiger partial charge in [-0.15, -0.1) is 0 Å². The van der Waals surface area contributed by atoms with E-state index in [1.807, 2.05) is 12.1 Å². The van der Waals surface area contributed by atoms with Crippen molar-refractivity contribution in [2.75, 3.05) is 0 Å². The van der Waals surface area contributed by atoms with E-state index in [1.165, 1.54) is 24.8 Å². The van der Waals surface area contributed by atoms with Crippen molar-refractivity contribution in [3.63, 3.8) is 0 Å². The Bertz CT molecular complexity index is 345. The van der Waals surface area contributed by atoms with Gasteiger partial charge in [0, 0.05) is 0 Å². The minimum absolute atomic E-state index is 0.326. The lowest BCUT2D eigenvalue weighted by atomic mass is 9.68. The summed E-state index contributed by atoms with van der Waals surface area (Å²) in [6.45, 7) is 11.6. The zero-order chi connectivity index (χ0) is 13.8. The van der Waals surface area contributed by atoms with Crippen molar-refractivity contribution in [3.8, 4) is 5.75 Å². The van der Waals surface area contributed by atoms with Crippen molar-refractivity contribution in [2.45, 2.75) is 59.8 Å². The monoisotopic (exact) mass is 248 g/mol. The molecule has 0 spiro atoms. The lowest BCUT2D eigenvalue weighted by molar-refractivity contribution is 0.186. The normalized spacial score (nSPS) is 15.4. The quantitative estimate of drug-likeness (QED) is 0.745. The van der Waals surface area contributed by atoms with Gasteiger partial charge in [-0.25, -0.2) is 0 Å². The molecule has 0 aliphatic rings. The zero-order valence-electron chi connectivity index (χ0n) is 12.5. The molecule has 1 N–H and O–H groups in total. The number of rotatable bonds is 5. The number of hydrogen-bond donors (Lipinski definition) is 1. The van der Waals surface area contributed by atoms with Crippen LogP contribution < -0.4 is 0 Å². The fourth-order valence-electron chi connectivity index (χ4n) is 3.13. The largest absolute Gasteiger partial charge is 0.508 e. The molecular formula is C17H28O. The second-order valence-electron chi connectivity index (χ2n) is 6.37. The molecule has 0 saturated carbocycles. The highest BCUT2D eigenvalue weighted by molar-refractivity contribution is 5.29. The Morgan fingerprint density at radius 2 is 1.61 bits per heavy atom. The highest BCUT2D eigenvalue weighted by atomic mass is 16.3. The molecule has 0 radical (unpaired) electrons. The van der Waals surface area contributed by atoms with Gasteiger partial charge >= 0.3 is 0 Å². The minimum Gasteiger partial charge on any atom is -0.508 e. The number of aromatic hydroxyl groups is 1. The van der Waals surface area contributed by atoms with Crippen LogP contribution in [-0.2, 0) is 0 Å². The molecule has 18 heavy (non-hydrogen) atoms. The van der Waals surface area contributed by atoms with Gasteiger partial charge in [0.05, 0.1) is 0 Å². The molecule has 0 bridgehead atoms. The van der Waals surface area contributed by atoms with Crippen LogP contribution in [-0.4, -0.2) is 5.11 Å². The van der Waals surface area contributed by atoms with Gasteiger partial charge in [0.25, 0.3) is 0 Å². The fraction of sp³-hybridized carbons (Fsp3) is 0.647. The van der Waals surface area contributed by atoms with E-state index in [4.69, 9.17) is 0 Å². The van der Waals surface area contributed by atoms with Gasteiger partial charge in [0.2, 0.25) is 0 Å². The molecule has 0 fully saturated rings. The molecule has 1 aromatic rings. The molecule has 1 heteroatoms. The molecule has 102 valence electrons. The van der Waals surface area contributed by atoms with Gasteiger partial charge in [0.1, 0.15) is 5.75 Å². The van der Waals surface area contributed by atoms with Crippen LogP contribution in [0.15, 0.2) is 24.3 Å². The molecular weight excluding hydrogens is 220 g/mol. The van der Waals surface area contributed by atoms with Crippen molar-refractivity contribution in [1.82, 2.24) is 0 Å². The first-order chi connectivity index (χ1) is 8.40. The molecule has 0 amide bonds. The molecule has 1 nitrogen and oxygen atoms in total. The van der Waals surface area contributed by atoms with Crippen LogP contribution in [0.2, 0.25) is 0 Å². The first kappa shape index (κ1) is 15.1. The fourth-order valence-corrected chi connectivity index (χ4v) is 3.13. The third-order valence-corrected chi connectivity index (χ3v) is 3.96. The van der Waals surface area contributed by atoms with Gasteiger partial charge in [-0.1, -0.05) is 59.6 Å². The standard InChI is InChI=1S/C17H28O/c1-6-8-15(16(7-2)17(3,4)5)13-9-11-14(18)12-10-13/h9-12,15-16,18H,6-8H2,1-5H3. The SMILES string of the molecule is CCCC(c1ccc(O)cc1)C(CC)C(C)(C)C. The van der Waals surface area contributed by atoms with Gasteiger partial charge in [-0.05, 0) is 41.4 Å². The third kappa shape index (κ3) is 3.76. The number of hydrogen-bond acceptors (Lipinski definition) is 1. The lowest BCUT2D eigenvalue weighted by Gasteiger charge is -2.37. The lowest BCUT2D eigenvalue weighted by Crippen LogP contribution is -2.26. The number of phenols is 1. The topological polar surface area (TPSA) is 20.2 Å². The van der Waals surface area contributed by atoms with Crippen LogP contribution in [0.5, 0.6) is 5.75 Å². The summed E-state index contributed by atoms with van der Waals surface area (Å²) in [6.07, 6.45) is 3.63. The summed E-state index contributed by atoms with van der Waals surface area (Å²) in [6, 6.07) is 7.80. The van der Waals surface area contributed by atoms with E-state index >= 15 is 0 Å². The second-order valence-corrected chi connectivity index (χ2v) is 6.37. The van der Waals surface area contributed by atoms with E-state index in [0.29, 0.717) is 23.0 Å². The molecule has 2 atom stereocenters. The molecule has 0 aromatic heterocycles. The summed E-state index contributed by atoms with van der Waals surface area (Å²) >= 11 is 0. The Morgan fingerprint density at radius 1 is 1.06 bits per heavy atom. The Balaban J connectivity index is 3.04. The smallest absolute Gasteiger partial charge is 0.115 e. The predicted molar refractivity (Wildman–Crippen MR) is 79.0 cm³/mol. The highest BCUT2D eigenvalue weighted by Crippen LogP contribution is 2.42. The molecule has 1 rings (SSSR count). The second kappa shape index (κ2) is 6.26. The van der Waals surface area contributed by atoms with Crippen LogP contribution in [0.4, 0.5) is 0 Å².